The molecular weight excluding hydrogens is 282 g/mol. The average molecular weight is 296 g/mol. The van der Waals surface area contributed by atoms with E-state index in [1.54, 1.807) is 30.3 Å². The maximum atomic E-state index is 11.8. The number of nitrogens with zero attached hydrogens (tertiary/aromatic N) is 2. The Morgan fingerprint density at radius 1 is 1.35 bits per heavy atom. The minimum absolute atomic E-state index is 0.108. The summed E-state index contributed by atoms with van der Waals surface area (Å²) in [5.74, 6) is 0.322. The number of amides is 1. The molecule has 0 aliphatic carbocycles. The third-order valence-corrected chi connectivity index (χ3v) is 2.77. The van der Waals surface area contributed by atoms with Gasteiger partial charge in [0.25, 0.3) is 5.91 Å². The first-order valence-electron chi connectivity index (χ1n) is 6.00. The van der Waals surface area contributed by atoms with E-state index in [-0.39, 0.29) is 25.8 Å². The summed E-state index contributed by atoms with van der Waals surface area (Å²) in [6, 6.07) is 8.48. The van der Waals surface area contributed by atoms with E-state index in [0.717, 1.165) is 0 Å². The predicted molar refractivity (Wildman–Crippen MR) is 73.7 cm³/mol. The Morgan fingerprint density at radius 2 is 2.10 bits per heavy atom. The molecule has 1 aromatic heterocycles. The van der Waals surface area contributed by atoms with Crippen molar-refractivity contribution >= 4 is 17.5 Å². The second-order valence-corrected chi connectivity index (χ2v) is 4.36. The first kappa shape index (κ1) is 14.4. The monoisotopic (exact) mass is 295 g/mol. The molecule has 2 N–H and O–H groups in total. The van der Waals surface area contributed by atoms with E-state index in [9.17, 15) is 4.79 Å². The van der Waals surface area contributed by atoms with E-state index in [2.05, 4.69) is 10.4 Å². The molecule has 0 saturated heterocycles. The van der Waals surface area contributed by atoms with Gasteiger partial charge in [-0.15, -0.1) is 0 Å². The fraction of sp³-hybridized carbons (Fsp3) is 0.231. The lowest BCUT2D eigenvalue weighted by Crippen LogP contribution is -2.29. The molecule has 0 atom stereocenters. The van der Waals surface area contributed by atoms with Gasteiger partial charge in [-0.25, -0.2) is 4.68 Å². The lowest BCUT2D eigenvalue weighted by Gasteiger charge is -2.09. The molecule has 106 valence electrons. The molecule has 1 amide bonds. The number of hydrogen-bond acceptors (Lipinski definition) is 4. The van der Waals surface area contributed by atoms with Crippen LogP contribution in [0.15, 0.2) is 36.5 Å². The molecule has 0 aliphatic rings. The molecule has 0 fully saturated rings. The van der Waals surface area contributed by atoms with Gasteiger partial charge in [-0.3, -0.25) is 4.79 Å². The maximum Gasteiger partial charge on any atom is 0.269 e. The van der Waals surface area contributed by atoms with Gasteiger partial charge in [0.05, 0.1) is 6.61 Å². The van der Waals surface area contributed by atoms with Crippen molar-refractivity contribution < 1.29 is 14.6 Å². The number of halogens is 1. The third kappa shape index (κ3) is 3.72. The summed E-state index contributed by atoms with van der Waals surface area (Å²) < 4.78 is 6.94. The lowest BCUT2D eigenvalue weighted by molar-refractivity contribution is 0.0923. The van der Waals surface area contributed by atoms with Crippen LogP contribution in [0.4, 0.5) is 0 Å². The molecule has 20 heavy (non-hydrogen) atoms. The van der Waals surface area contributed by atoms with Crippen LogP contribution in [0.5, 0.6) is 5.75 Å². The van der Waals surface area contributed by atoms with E-state index < -0.39 is 0 Å². The summed E-state index contributed by atoms with van der Waals surface area (Å²) in [5.41, 5.74) is 0.368. The normalized spacial score (nSPS) is 10.3. The Kier molecular flexibility index (Phi) is 4.97. The fourth-order valence-electron chi connectivity index (χ4n) is 1.55. The molecular formula is C13H14ClN3O3. The van der Waals surface area contributed by atoms with Crippen LogP contribution in [-0.2, 0) is 6.73 Å². The van der Waals surface area contributed by atoms with Crippen LogP contribution < -0.4 is 10.1 Å². The molecule has 0 unspecified atom stereocenters. The Labute approximate surface area is 120 Å². The summed E-state index contributed by atoms with van der Waals surface area (Å²) in [6.07, 6.45) is 1.51. The van der Waals surface area contributed by atoms with E-state index in [4.69, 9.17) is 21.4 Å². The molecule has 0 spiro atoms. The van der Waals surface area contributed by atoms with Crippen LogP contribution in [0.1, 0.15) is 10.5 Å². The standard InChI is InChI=1S/C13H14ClN3O3/c14-10-1-3-11(4-2-10)20-9-17-12(5-6-16-17)13(19)15-7-8-18/h1-6,18H,7-9H2,(H,15,19). The Hall–Kier alpha value is -2.05. The SMILES string of the molecule is O=C(NCCO)c1ccnn1COc1ccc(Cl)cc1. The van der Waals surface area contributed by atoms with Crippen molar-refractivity contribution in [3.8, 4) is 5.75 Å². The van der Waals surface area contributed by atoms with Gasteiger partial charge in [0.1, 0.15) is 11.4 Å². The molecule has 1 heterocycles. The van der Waals surface area contributed by atoms with E-state index in [0.29, 0.717) is 16.5 Å². The zero-order valence-corrected chi connectivity index (χ0v) is 11.4. The van der Waals surface area contributed by atoms with Crippen molar-refractivity contribution in [2.45, 2.75) is 6.73 Å². The Balaban J connectivity index is 1.98. The topological polar surface area (TPSA) is 76.4 Å². The van der Waals surface area contributed by atoms with Crippen molar-refractivity contribution in [3.63, 3.8) is 0 Å². The van der Waals surface area contributed by atoms with Crippen LogP contribution in [-0.4, -0.2) is 33.9 Å². The average Bonchev–Trinajstić information content (AvgIpc) is 2.92. The number of hydrogen-bond donors (Lipinski definition) is 2. The molecule has 2 rings (SSSR count). The minimum Gasteiger partial charge on any atom is -0.471 e. The molecule has 7 heteroatoms. The molecule has 1 aromatic carbocycles. The lowest BCUT2D eigenvalue weighted by atomic mass is 10.3. The second-order valence-electron chi connectivity index (χ2n) is 3.92. The van der Waals surface area contributed by atoms with Crippen molar-refractivity contribution in [3.05, 3.63) is 47.2 Å². The molecule has 0 radical (unpaired) electrons. The minimum atomic E-state index is -0.309. The Bertz CT molecular complexity index is 568. The first-order chi connectivity index (χ1) is 9.70. The molecule has 6 nitrogen and oxygen atoms in total. The predicted octanol–water partition coefficient (Wildman–Crippen LogP) is 1.30. The zero-order chi connectivity index (χ0) is 14.4. The van der Waals surface area contributed by atoms with Gasteiger partial charge >= 0.3 is 0 Å². The summed E-state index contributed by atoms with van der Waals surface area (Å²) in [5, 5.41) is 15.9. The molecule has 0 aliphatic heterocycles. The van der Waals surface area contributed by atoms with Gasteiger partial charge in [-0.2, -0.15) is 5.10 Å². The van der Waals surface area contributed by atoms with E-state index >= 15 is 0 Å². The van der Waals surface area contributed by atoms with Gasteiger partial charge in [0.2, 0.25) is 0 Å². The van der Waals surface area contributed by atoms with Crippen LogP contribution in [0.3, 0.4) is 0 Å². The number of aromatic nitrogens is 2. The van der Waals surface area contributed by atoms with Gasteiger partial charge in [-0.05, 0) is 30.3 Å². The Morgan fingerprint density at radius 3 is 2.80 bits per heavy atom. The highest BCUT2D eigenvalue weighted by Crippen LogP contribution is 2.16. The highest BCUT2D eigenvalue weighted by atomic mass is 35.5. The van der Waals surface area contributed by atoms with Gasteiger partial charge < -0.3 is 15.2 Å². The number of benzene rings is 1. The third-order valence-electron chi connectivity index (χ3n) is 2.51. The highest BCUT2D eigenvalue weighted by Gasteiger charge is 2.11. The quantitative estimate of drug-likeness (QED) is 0.842. The van der Waals surface area contributed by atoms with Crippen LogP contribution in [0.2, 0.25) is 5.02 Å². The number of nitrogens with one attached hydrogen (secondary N) is 1. The number of aliphatic hydroxyl groups is 1. The van der Waals surface area contributed by atoms with Crippen molar-refractivity contribution in [2.24, 2.45) is 0 Å². The summed E-state index contributed by atoms with van der Waals surface area (Å²) in [4.78, 5) is 11.8. The molecule has 2 aromatic rings. The zero-order valence-electron chi connectivity index (χ0n) is 10.6. The molecule has 0 saturated carbocycles. The van der Waals surface area contributed by atoms with Gasteiger partial charge in [-0.1, -0.05) is 11.6 Å². The summed E-state index contributed by atoms with van der Waals surface area (Å²) in [6.45, 7) is 0.194. The van der Waals surface area contributed by atoms with Crippen LogP contribution >= 0.6 is 11.6 Å². The largest absolute Gasteiger partial charge is 0.471 e. The van der Waals surface area contributed by atoms with Gasteiger partial charge in [0, 0.05) is 17.8 Å². The van der Waals surface area contributed by atoms with Crippen molar-refractivity contribution in [1.82, 2.24) is 15.1 Å². The van der Waals surface area contributed by atoms with Crippen molar-refractivity contribution in [1.29, 1.82) is 0 Å². The van der Waals surface area contributed by atoms with Gasteiger partial charge in [0.15, 0.2) is 6.73 Å². The number of carbonyl (C=O) groups excluding carboxylic acids is 1. The maximum absolute atomic E-state index is 11.8. The number of rotatable bonds is 6. The molecule has 0 bridgehead atoms. The highest BCUT2D eigenvalue weighted by molar-refractivity contribution is 6.30. The van der Waals surface area contributed by atoms with Crippen LogP contribution in [0.25, 0.3) is 0 Å². The number of aliphatic hydroxyl groups excluding tert-OH is 1. The van der Waals surface area contributed by atoms with Crippen molar-refractivity contribution in [2.75, 3.05) is 13.2 Å². The van der Waals surface area contributed by atoms with E-state index in [1.165, 1.54) is 10.9 Å². The van der Waals surface area contributed by atoms with E-state index in [1.807, 2.05) is 0 Å². The first-order valence-corrected chi connectivity index (χ1v) is 6.38. The van der Waals surface area contributed by atoms with Crippen LogP contribution in [0, 0.1) is 0 Å². The summed E-state index contributed by atoms with van der Waals surface area (Å²) >= 11 is 5.78. The smallest absolute Gasteiger partial charge is 0.269 e. The number of ether oxygens (including phenoxy) is 1. The second kappa shape index (κ2) is 6.93. The fourth-order valence-corrected chi connectivity index (χ4v) is 1.68. The summed E-state index contributed by atoms with van der Waals surface area (Å²) in [7, 11) is 0. The number of carbonyl (C=O) groups is 1.